The summed E-state index contributed by atoms with van der Waals surface area (Å²) in [7, 11) is 0. The predicted octanol–water partition coefficient (Wildman–Crippen LogP) is 7.03. The first-order valence-corrected chi connectivity index (χ1v) is 13.5. The van der Waals surface area contributed by atoms with Crippen molar-refractivity contribution in [2.75, 3.05) is 32.7 Å². The van der Waals surface area contributed by atoms with Crippen molar-refractivity contribution >= 4 is 0 Å². The van der Waals surface area contributed by atoms with Gasteiger partial charge in [-0.2, -0.15) is 0 Å². The molecule has 0 heterocycles. The highest BCUT2D eigenvalue weighted by atomic mass is 15.1. The van der Waals surface area contributed by atoms with E-state index in [2.05, 4.69) is 11.8 Å². The first-order valence-electron chi connectivity index (χ1n) is 13.5. The minimum Gasteiger partial charge on any atom is -0.330 e. The average molecular weight is 412 g/mol. The highest BCUT2D eigenvalue weighted by Crippen LogP contribution is 2.14. The fourth-order valence-electron chi connectivity index (χ4n) is 4.20. The molecule has 0 radical (unpaired) electrons. The molecule has 29 heavy (non-hydrogen) atoms. The largest absolute Gasteiger partial charge is 0.330 e. The molecule has 0 bridgehead atoms. The maximum atomic E-state index is 5.65. The highest BCUT2D eigenvalue weighted by molar-refractivity contribution is 4.60. The predicted molar refractivity (Wildman–Crippen MR) is 133 cm³/mol. The third-order valence-corrected chi connectivity index (χ3v) is 6.18. The van der Waals surface area contributed by atoms with Crippen LogP contribution < -0.4 is 11.5 Å². The van der Waals surface area contributed by atoms with Crippen LogP contribution in [0.3, 0.4) is 0 Å². The summed E-state index contributed by atoms with van der Waals surface area (Å²) in [6, 6.07) is 0. The van der Waals surface area contributed by atoms with E-state index in [9.17, 15) is 0 Å². The molecule has 0 unspecified atom stereocenters. The van der Waals surface area contributed by atoms with E-state index in [0.717, 1.165) is 39.0 Å². The Bertz CT molecular complexity index is 275. The Morgan fingerprint density at radius 3 is 0.966 bits per heavy atom. The van der Waals surface area contributed by atoms with Crippen LogP contribution in [-0.2, 0) is 0 Å². The summed E-state index contributed by atoms with van der Waals surface area (Å²) in [5.74, 6) is 0. The number of hydrogen-bond donors (Lipinski definition) is 2. The van der Waals surface area contributed by atoms with Crippen LogP contribution in [0.2, 0.25) is 0 Å². The molecule has 3 nitrogen and oxygen atoms in total. The van der Waals surface area contributed by atoms with Crippen LogP contribution in [0.25, 0.3) is 0 Å². The van der Waals surface area contributed by atoms with Crippen LogP contribution in [0.1, 0.15) is 135 Å². The van der Waals surface area contributed by atoms with Crippen LogP contribution in [0.15, 0.2) is 0 Å². The lowest BCUT2D eigenvalue weighted by atomic mass is 10.0. The summed E-state index contributed by atoms with van der Waals surface area (Å²) in [5.41, 5.74) is 11.3. The molecule has 0 atom stereocenters. The number of hydrogen-bond acceptors (Lipinski definition) is 3. The molecule has 0 aliphatic carbocycles. The normalized spacial score (nSPS) is 11.6. The van der Waals surface area contributed by atoms with Crippen LogP contribution in [0, 0.1) is 0 Å². The van der Waals surface area contributed by atoms with Gasteiger partial charge in [0.15, 0.2) is 0 Å². The molecule has 0 saturated carbocycles. The zero-order chi connectivity index (χ0) is 21.3. The van der Waals surface area contributed by atoms with Crippen LogP contribution in [0.4, 0.5) is 0 Å². The molecule has 0 aliphatic heterocycles. The molecule has 4 N–H and O–H groups in total. The first kappa shape index (κ1) is 28.9. The third kappa shape index (κ3) is 24.0. The van der Waals surface area contributed by atoms with Gasteiger partial charge in [0, 0.05) is 0 Å². The maximum Gasteiger partial charge on any atom is -0.000671 e. The molecule has 0 aromatic carbocycles. The smallest absolute Gasteiger partial charge is 0.000671 e. The van der Waals surface area contributed by atoms with Gasteiger partial charge in [-0.15, -0.1) is 0 Å². The quantitative estimate of drug-likeness (QED) is 0.159. The van der Waals surface area contributed by atoms with Crippen molar-refractivity contribution < 1.29 is 0 Å². The standard InChI is InChI=1S/C26H57N3/c1-2-3-4-5-6-7-8-9-10-11-12-13-14-15-16-17-18-19-24-29(25-20-22-27)26-21-23-28/h2-28H2,1H3. The molecule has 3 heteroatoms. The van der Waals surface area contributed by atoms with E-state index in [4.69, 9.17) is 11.5 Å². The molecular weight excluding hydrogens is 354 g/mol. The van der Waals surface area contributed by atoms with Gasteiger partial charge in [-0.1, -0.05) is 116 Å². The van der Waals surface area contributed by atoms with Crippen LogP contribution in [-0.4, -0.2) is 37.6 Å². The van der Waals surface area contributed by atoms with Gasteiger partial charge in [-0.25, -0.2) is 0 Å². The van der Waals surface area contributed by atoms with E-state index >= 15 is 0 Å². The van der Waals surface area contributed by atoms with Crippen molar-refractivity contribution in [2.45, 2.75) is 135 Å². The van der Waals surface area contributed by atoms with Gasteiger partial charge in [0.05, 0.1) is 0 Å². The Morgan fingerprint density at radius 1 is 0.379 bits per heavy atom. The lowest BCUT2D eigenvalue weighted by Gasteiger charge is -2.21. The van der Waals surface area contributed by atoms with Crippen LogP contribution in [0.5, 0.6) is 0 Å². The van der Waals surface area contributed by atoms with Gasteiger partial charge in [0.1, 0.15) is 0 Å². The molecule has 0 spiro atoms. The lowest BCUT2D eigenvalue weighted by Crippen LogP contribution is -2.29. The zero-order valence-electron chi connectivity index (χ0n) is 20.3. The Labute approximate surface area is 184 Å². The molecule has 176 valence electrons. The Kier molecular flexibility index (Phi) is 25.8. The maximum absolute atomic E-state index is 5.65. The number of unbranched alkanes of at least 4 members (excludes halogenated alkanes) is 17. The first-order chi connectivity index (χ1) is 14.3. The topological polar surface area (TPSA) is 55.3 Å². The summed E-state index contributed by atoms with van der Waals surface area (Å²) in [6.45, 7) is 7.44. The lowest BCUT2D eigenvalue weighted by molar-refractivity contribution is 0.263. The van der Waals surface area contributed by atoms with E-state index in [1.807, 2.05) is 0 Å². The van der Waals surface area contributed by atoms with Crippen molar-refractivity contribution in [3.05, 3.63) is 0 Å². The molecule has 0 fully saturated rings. The average Bonchev–Trinajstić information content (AvgIpc) is 2.74. The molecule has 0 rings (SSSR count). The minimum absolute atomic E-state index is 0.804. The summed E-state index contributed by atoms with van der Waals surface area (Å²) in [4.78, 5) is 2.56. The van der Waals surface area contributed by atoms with E-state index in [-0.39, 0.29) is 0 Å². The Hall–Kier alpha value is -0.120. The number of nitrogens with zero attached hydrogens (tertiary/aromatic N) is 1. The molecule has 0 saturated heterocycles. The molecular formula is C26H57N3. The third-order valence-electron chi connectivity index (χ3n) is 6.18. The zero-order valence-corrected chi connectivity index (χ0v) is 20.3. The van der Waals surface area contributed by atoms with Gasteiger partial charge in [-0.05, 0) is 52.0 Å². The van der Waals surface area contributed by atoms with Gasteiger partial charge >= 0.3 is 0 Å². The van der Waals surface area contributed by atoms with E-state index in [1.165, 1.54) is 122 Å². The van der Waals surface area contributed by atoms with Crippen molar-refractivity contribution in [3.63, 3.8) is 0 Å². The van der Waals surface area contributed by atoms with E-state index in [1.54, 1.807) is 0 Å². The van der Waals surface area contributed by atoms with Gasteiger partial charge < -0.3 is 16.4 Å². The second-order valence-electron chi connectivity index (χ2n) is 9.14. The van der Waals surface area contributed by atoms with Gasteiger partial charge in [-0.3, -0.25) is 0 Å². The van der Waals surface area contributed by atoms with Crippen LogP contribution >= 0.6 is 0 Å². The second-order valence-corrected chi connectivity index (χ2v) is 9.14. The molecule has 0 aromatic heterocycles. The summed E-state index contributed by atoms with van der Waals surface area (Å²) in [6.07, 6.45) is 28.2. The van der Waals surface area contributed by atoms with E-state index in [0.29, 0.717) is 0 Å². The summed E-state index contributed by atoms with van der Waals surface area (Å²) in [5, 5.41) is 0. The van der Waals surface area contributed by atoms with Gasteiger partial charge in [0.25, 0.3) is 0 Å². The molecule has 0 aromatic rings. The van der Waals surface area contributed by atoms with Crippen molar-refractivity contribution in [3.8, 4) is 0 Å². The highest BCUT2D eigenvalue weighted by Gasteiger charge is 2.03. The van der Waals surface area contributed by atoms with Crippen molar-refractivity contribution in [2.24, 2.45) is 11.5 Å². The Balaban J connectivity index is 3.22. The molecule has 0 amide bonds. The van der Waals surface area contributed by atoms with Crippen molar-refractivity contribution in [1.82, 2.24) is 4.90 Å². The minimum atomic E-state index is 0.804. The van der Waals surface area contributed by atoms with Crippen molar-refractivity contribution in [1.29, 1.82) is 0 Å². The molecule has 0 aliphatic rings. The second kappa shape index (κ2) is 25.9. The monoisotopic (exact) mass is 411 g/mol. The number of rotatable bonds is 25. The van der Waals surface area contributed by atoms with Gasteiger partial charge in [0.2, 0.25) is 0 Å². The Morgan fingerprint density at radius 2 is 0.655 bits per heavy atom. The SMILES string of the molecule is CCCCCCCCCCCCCCCCCCCCN(CCCN)CCCN. The summed E-state index contributed by atoms with van der Waals surface area (Å²) < 4.78 is 0. The fourth-order valence-corrected chi connectivity index (χ4v) is 4.20. The summed E-state index contributed by atoms with van der Waals surface area (Å²) >= 11 is 0. The fraction of sp³-hybridized carbons (Fsp3) is 1.00. The van der Waals surface area contributed by atoms with E-state index < -0.39 is 0 Å². The number of nitrogens with two attached hydrogens (primary N) is 2.